The first-order valence-corrected chi connectivity index (χ1v) is 4.52. The highest BCUT2D eigenvalue weighted by molar-refractivity contribution is 7.77. The molecule has 0 fully saturated rings. The van der Waals surface area contributed by atoms with Gasteiger partial charge in [-0.25, -0.2) is 0 Å². The van der Waals surface area contributed by atoms with E-state index in [0.717, 1.165) is 0 Å². The van der Waals surface area contributed by atoms with Crippen molar-refractivity contribution in [3.8, 4) is 0 Å². The van der Waals surface area contributed by atoms with E-state index < -0.39 is 11.9 Å². The fraction of sp³-hybridized carbons (Fsp3) is 0.667. The highest BCUT2D eigenvalue weighted by Gasteiger charge is 2.20. The quantitative estimate of drug-likeness (QED) is 0.522. The number of carbonyl (C=O) groups excluding carboxylic acids is 2. The zero-order chi connectivity index (χ0) is 8.85. The molecule has 4 nitrogen and oxygen atoms in total. The third-order valence-corrected chi connectivity index (χ3v) is 1.72. The van der Waals surface area contributed by atoms with Crippen molar-refractivity contribution in [1.82, 2.24) is 5.32 Å². The molecule has 0 saturated heterocycles. The Morgan fingerprint density at radius 3 is 2.45 bits per heavy atom. The maximum absolute atomic E-state index is 10.6. The number of carbonyl (C=O) groups is 2. The molecule has 0 aromatic carbocycles. The molecule has 0 aliphatic heterocycles. The lowest BCUT2D eigenvalue weighted by Gasteiger charge is -2.06. The van der Waals surface area contributed by atoms with Crippen LogP contribution in [0.25, 0.3) is 0 Å². The molecule has 0 aliphatic carbocycles. The summed E-state index contributed by atoms with van der Waals surface area (Å²) < 4.78 is 0. The van der Waals surface area contributed by atoms with Gasteiger partial charge >= 0.3 is 0 Å². The molecular weight excluding hydrogens is 164 g/mol. The van der Waals surface area contributed by atoms with Crippen LogP contribution < -0.4 is 11.1 Å². The van der Waals surface area contributed by atoms with Crippen LogP contribution in [0.3, 0.4) is 0 Å². The summed E-state index contributed by atoms with van der Waals surface area (Å²) in [5.74, 6) is -0.202. The smallest absolute Gasteiger partial charge is 0.245 e. The first-order valence-electron chi connectivity index (χ1n) is 3.13. The van der Waals surface area contributed by atoms with Crippen LogP contribution in [0.4, 0.5) is 0 Å². The number of nitrogens with one attached hydrogen (secondary N) is 1. The van der Waals surface area contributed by atoms with E-state index in [1.54, 1.807) is 0 Å². The van der Waals surface area contributed by atoms with Crippen molar-refractivity contribution >= 4 is 23.6 Å². The van der Waals surface area contributed by atoms with Crippen LogP contribution in [0.1, 0.15) is 6.92 Å². The maximum Gasteiger partial charge on any atom is 0.245 e. The second kappa shape index (κ2) is 5.01. The average Bonchev–Trinajstić information content (AvgIpc) is 1.86. The van der Waals surface area contributed by atoms with E-state index in [4.69, 9.17) is 5.73 Å². The van der Waals surface area contributed by atoms with Gasteiger partial charge in [0.2, 0.25) is 11.8 Å². The van der Waals surface area contributed by atoms with Crippen molar-refractivity contribution < 1.29 is 9.59 Å². The number of nitrogens with two attached hydrogens (primary N) is 1. The lowest BCUT2D eigenvalue weighted by molar-refractivity contribution is -0.125. The number of thioether (sulfide) groups is 1. The minimum atomic E-state index is -0.539. The first kappa shape index (κ1) is 10.3. The lowest BCUT2D eigenvalue weighted by atomic mass is 10.3. The summed E-state index contributed by atoms with van der Waals surface area (Å²) in [6.45, 7) is 1.36. The van der Waals surface area contributed by atoms with Crippen LogP contribution in [-0.4, -0.2) is 29.9 Å². The highest BCUT2D eigenvalue weighted by Crippen LogP contribution is 1.83. The molecule has 0 aliphatic rings. The summed E-state index contributed by atoms with van der Waals surface area (Å²) >= 11 is 1.46. The second-order valence-electron chi connectivity index (χ2n) is 2.11. The van der Waals surface area contributed by atoms with Crippen LogP contribution >= 0.6 is 0 Å². The molecule has 0 aromatic heterocycles. The summed E-state index contributed by atoms with van der Waals surface area (Å²) in [5, 5.41) is 2.45. The zero-order valence-corrected chi connectivity index (χ0v) is 7.40. The monoisotopic (exact) mass is 176 g/mol. The summed E-state index contributed by atoms with van der Waals surface area (Å²) in [6, 6.07) is -0.539. The molecule has 0 bridgehead atoms. The Morgan fingerprint density at radius 2 is 2.18 bits per heavy atom. The SMILES string of the molecule is C[S+]C[C@@H](NC(C)=O)C(N)=O. The molecule has 0 unspecified atom stereocenters. The van der Waals surface area contributed by atoms with E-state index in [2.05, 4.69) is 5.32 Å². The Balaban J connectivity index is 3.89. The Kier molecular flexibility index (Phi) is 4.69. The zero-order valence-electron chi connectivity index (χ0n) is 6.59. The first-order chi connectivity index (χ1) is 5.07. The third kappa shape index (κ3) is 4.66. The Hall–Kier alpha value is -0.710. The molecule has 0 heterocycles. The molecule has 5 heteroatoms. The van der Waals surface area contributed by atoms with Gasteiger partial charge in [0, 0.05) is 6.92 Å². The van der Waals surface area contributed by atoms with E-state index in [-0.39, 0.29) is 5.91 Å². The van der Waals surface area contributed by atoms with Crippen LogP contribution in [0.15, 0.2) is 0 Å². The maximum atomic E-state index is 10.6. The van der Waals surface area contributed by atoms with E-state index in [0.29, 0.717) is 5.75 Å². The second-order valence-corrected chi connectivity index (χ2v) is 3.02. The van der Waals surface area contributed by atoms with E-state index in [1.165, 1.54) is 18.7 Å². The fourth-order valence-corrected chi connectivity index (χ4v) is 1.19. The van der Waals surface area contributed by atoms with Crippen LogP contribution in [0.2, 0.25) is 0 Å². The Bertz CT molecular complexity index is 161. The number of amides is 2. The number of hydrogen-bond acceptors (Lipinski definition) is 3. The normalized spacial score (nSPS) is 12.2. The van der Waals surface area contributed by atoms with E-state index in [1.807, 2.05) is 6.26 Å². The van der Waals surface area contributed by atoms with Gasteiger partial charge in [-0.2, -0.15) is 0 Å². The number of rotatable bonds is 4. The molecule has 1 atom stereocenters. The van der Waals surface area contributed by atoms with Gasteiger partial charge in [0.25, 0.3) is 0 Å². The molecule has 0 rings (SSSR count). The van der Waals surface area contributed by atoms with E-state index >= 15 is 0 Å². The van der Waals surface area contributed by atoms with Gasteiger partial charge in [0.05, 0.1) is 0 Å². The number of hydrogen-bond donors (Lipinski definition) is 2. The minimum Gasteiger partial charge on any atom is -0.368 e. The van der Waals surface area contributed by atoms with Gasteiger partial charge in [0.15, 0.2) is 23.6 Å². The lowest BCUT2D eigenvalue weighted by Crippen LogP contribution is -2.46. The molecule has 2 amide bonds. The van der Waals surface area contributed by atoms with Gasteiger partial charge in [-0.1, -0.05) is 0 Å². The van der Waals surface area contributed by atoms with Crippen molar-refractivity contribution in [2.75, 3.05) is 12.0 Å². The Labute approximate surface area is 69.9 Å². The van der Waals surface area contributed by atoms with Gasteiger partial charge < -0.3 is 11.1 Å². The van der Waals surface area contributed by atoms with Crippen LogP contribution in [0, 0.1) is 0 Å². The topological polar surface area (TPSA) is 72.2 Å². The average molecular weight is 176 g/mol. The van der Waals surface area contributed by atoms with Crippen molar-refractivity contribution in [1.29, 1.82) is 0 Å². The summed E-state index contributed by atoms with van der Waals surface area (Å²) in [4.78, 5) is 21.1. The van der Waals surface area contributed by atoms with Crippen molar-refractivity contribution in [2.45, 2.75) is 13.0 Å². The van der Waals surface area contributed by atoms with Gasteiger partial charge in [-0.3, -0.25) is 9.59 Å². The molecule has 0 aromatic rings. The summed E-state index contributed by atoms with van der Waals surface area (Å²) in [7, 11) is 0. The van der Waals surface area contributed by atoms with Gasteiger partial charge in [-0.15, -0.1) is 0 Å². The molecule has 1 radical (unpaired) electrons. The molecule has 11 heavy (non-hydrogen) atoms. The predicted octanol–water partition coefficient (Wildman–Crippen LogP) is -1.31. The predicted molar refractivity (Wildman–Crippen MR) is 45.0 cm³/mol. The van der Waals surface area contributed by atoms with Crippen LogP contribution in [0.5, 0.6) is 0 Å². The Morgan fingerprint density at radius 1 is 1.64 bits per heavy atom. The van der Waals surface area contributed by atoms with Crippen molar-refractivity contribution in [3.05, 3.63) is 0 Å². The molecule has 0 saturated carbocycles. The fourth-order valence-electron chi connectivity index (χ4n) is 0.607. The molecular formula is C6H12N2O2S+. The van der Waals surface area contributed by atoms with Crippen molar-refractivity contribution in [2.24, 2.45) is 5.73 Å². The molecule has 0 spiro atoms. The van der Waals surface area contributed by atoms with E-state index in [9.17, 15) is 9.59 Å². The molecule has 3 N–H and O–H groups in total. The molecule has 63 valence electrons. The summed E-state index contributed by atoms with van der Waals surface area (Å²) in [5.41, 5.74) is 5.00. The van der Waals surface area contributed by atoms with Crippen molar-refractivity contribution in [3.63, 3.8) is 0 Å². The summed E-state index contributed by atoms with van der Waals surface area (Å²) in [6.07, 6.45) is 1.84. The van der Waals surface area contributed by atoms with Gasteiger partial charge in [0.1, 0.15) is 6.26 Å². The standard InChI is InChI=1S/C6H12N2O2S/c1-4(9)8-5(3-11-2)6(7)10/h5H,3H2,1-2H3,(H2,7,10)(H,8,9)/q+1/t5-/m1/s1. The largest absolute Gasteiger partial charge is 0.368 e. The third-order valence-electron chi connectivity index (χ3n) is 1.05. The minimum absolute atomic E-state index is 0.233. The number of primary amides is 1. The van der Waals surface area contributed by atoms with Gasteiger partial charge in [-0.05, 0) is 0 Å². The van der Waals surface area contributed by atoms with Crippen LogP contribution in [-0.2, 0) is 21.4 Å². The highest BCUT2D eigenvalue weighted by atomic mass is 32.2.